The minimum atomic E-state index is -5.03. The molecule has 16 heavy (non-hydrogen) atoms. The molecule has 1 saturated heterocycles. The Labute approximate surface area is 94.2 Å². The van der Waals surface area contributed by atoms with Crippen molar-refractivity contribution in [1.29, 1.82) is 0 Å². The molecule has 1 rings (SSSR count). The van der Waals surface area contributed by atoms with Gasteiger partial charge in [-0.15, -0.1) is 12.4 Å². The average Bonchev–Trinajstić information content (AvgIpc) is 2.00. The lowest BCUT2D eigenvalue weighted by Gasteiger charge is -2.30. The van der Waals surface area contributed by atoms with Crippen LogP contribution in [0.2, 0.25) is 0 Å². The Balaban J connectivity index is 0.00000225. The maximum Gasteiger partial charge on any atom is 0.471 e. The van der Waals surface area contributed by atoms with Gasteiger partial charge in [-0.3, -0.25) is 4.79 Å². The van der Waals surface area contributed by atoms with E-state index >= 15 is 0 Å². The molecule has 9 heteroatoms. The van der Waals surface area contributed by atoms with Crippen molar-refractivity contribution in [2.24, 2.45) is 0 Å². The molecule has 0 radical (unpaired) electrons. The lowest BCUT2D eigenvalue weighted by atomic mass is 10.0. The topological polar surface area (TPSA) is 41.1 Å². The van der Waals surface area contributed by atoms with Crippen LogP contribution < -0.4 is 10.6 Å². The Morgan fingerprint density at radius 1 is 1.38 bits per heavy atom. The summed E-state index contributed by atoms with van der Waals surface area (Å²) in [5.41, 5.74) is 0. The van der Waals surface area contributed by atoms with Crippen LogP contribution in [0.15, 0.2) is 0 Å². The molecule has 1 aliphatic heterocycles. The first-order chi connectivity index (χ1) is 6.71. The molecule has 1 unspecified atom stereocenters. The maximum atomic E-state index is 12.7. The van der Waals surface area contributed by atoms with Crippen LogP contribution in [0.1, 0.15) is 6.42 Å². The predicted molar refractivity (Wildman–Crippen MR) is 47.7 cm³/mol. The van der Waals surface area contributed by atoms with Gasteiger partial charge >= 0.3 is 12.1 Å². The van der Waals surface area contributed by atoms with E-state index in [2.05, 4.69) is 5.32 Å². The first-order valence-corrected chi connectivity index (χ1v) is 4.17. The molecule has 0 aromatic carbocycles. The van der Waals surface area contributed by atoms with E-state index in [1.165, 1.54) is 5.32 Å². The highest BCUT2D eigenvalue weighted by Gasteiger charge is 2.43. The zero-order valence-electron chi connectivity index (χ0n) is 7.90. The third-order valence-corrected chi connectivity index (χ3v) is 1.91. The number of carbonyl (C=O) groups excluding carboxylic acids is 1. The SMILES string of the molecule is Cl.O=C(NC1CNCC(F)(F)C1)C(F)(F)F. The van der Waals surface area contributed by atoms with E-state index in [1.807, 2.05) is 0 Å². The number of piperidine rings is 1. The minimum Gasteiger partial charge on any atom is -0.344 e. The molecule has 3 nitrogen and oxygen atoms in total. The fraction of sp³-hybridized carbons (Fsp3) is 0.857. The van der Waals surface area contributed by atoms with Gasteiger partial charge in [0.05, 0.1) is 6.54 Å². The van der Waals surface area contributed by atoms with Crippen LogP contribution in [0, 0.1) is 0 Å². The Morgan fingerprint density at radius 2 is 1.94 bits per heavy atom. The number of alkyl halides is 5. The number of hydrogen-bond acceptors (Lipinski definition) is 2. The molecular weight excluding hydrogens is 259 g/mol. The second kappa shape index (κ2) is 5.13. The molecule has 1 atom stereocenters. The molecule has 1 fully saturated rings. The molecule has 0 bridgehead atoms. The Morgan fingerprint density at radius 3 is 2.38 bits per heavy atom. The van der Waals surface area contributed by atoms with E-state index in [-0.39, 0.29) is 19.0 Å². The number of amides is 1. The molecule has 0 aliphatic carbocycles. The summed E-state index contributed by atoms with van der Waals surface area (Å²) >= 11 is 0. The van der Waals surface area contributed by atoms with Crippen molar-refractivity contribution < 1.29 is 26.7 Å². The number of hydrogen-bond donors (Lipinski definition) is 2. The highest BCUT2D eigenvalue weighted by molar-refractivity contribution is 5.85. The Hall–Kier alpha value is -0.630. The summed E-state index contributed by atoms with van der Waals surface area (Å²) in [6.07, 6.45) is -5.81. The Bertz CT molecular complexity index is 258. The average molecular weight is 269 g/mol. The van der Waals surface area contributed by atoms with Crippen molar-refractivity contribution in [3.05, 3.63) is 0 Å². The van der Waals surface area contributed by atoms with Gasteiger partial charge in [0, 0.05) is 19.0 Å². The summed E-state index contributed by atoms with van der Waals surface area (Å²) < 4.78 is 60.7. The number of halogens is 6. The van der Waals surface area contributed by atoms with E-state index in [0.717, 1.165) is 0 Å². The van der Waals surface area contributed by atoms with Crippen LogP contribution in [0.4, 0.5) is 22.0 Å². The smallest absolute Gasteiger partial charge is 0.344 e. The van der Waals surface area contributed by atoms with Gasteiger partial charge in [-0.25, -0.2) is 8.78 Å². The van der Waals surface area contributed by atoms with Gasteiger partial charge in [0.25, 0.3) is 5.92 Å². The lowest BCUT2D eigenvalue weighted by Crippen LogP contribution is -2.55. The summed E-state index contributed by atoms with van der Waals surface area (Å²) in [6, 6.07) is -1.19. The maximum absolute atomic E-state index is 12.7. The fourth-order valence-electron chi connectivity index (χ4n) is 1.30. The minimum absolute atomic E-state index is 0. The van der Waals surface area contributed by atoms with Crippen LogP contribution in [0.25, 0.3) is 0 Å². The molecule has 2 N–H and O–H groups in total. The van der Waals surface area contributed by atoms with E-state index < -0.39 is 37.0 Å². The predicted octanol–water partition coefficient (Wildman–Crippen LogP) is 1.08. The summed E-state index contributed by atoms with van der Waals surface area (Å²) in [6.45, 7) is -0.664. The molecule has 1 amide bonds. The summed E-state index contributed by atoms with van der Waals surface area (Å²) in [4.78, 5) is 10.4. The van der Waals surface area contributed by atoms with Gasteiger partial charge in [0.2, 0.25) is 0 Å². The second-order valence-electron chi connectivity index (χ2n) is 3.36. The molecule has 1 aliphatic rings. The number of nitrogens with one attached hydrogen (secondary N) is 2. The first-order valence-electron chi connectivity index (χ1n) is 4.17. The third-order valence-electron chi connectivity index (χ3n) is 1.91. The van der Waals surface area contributed by atoms with Crippen LogP contribution >= 0.6 is 12.4 Å². The van der Waals surface area contributed by atoms with Gasteiger partial charge in [0.1, 0.15) is 0 Å². The molecule has 1 heterocycles. The number of rotatable bonds is 1. The van der Waals surface area contributed by atoms with Crippen molar-refractivity contribution >= 4 is 18.3 Å². The largest absolute Gasteiger partial charge is 0.471 e. The normalized spacial score (nSPS) is 24.4. The van der Waals surface area contributed by atoms with Crippen LogP contribution in [0.5, 0.6) is 0 Å². The first kappa shape index (κ1) is 15.4. The number of carbonyl (C=O) groups is 1. The van der Waals surface area contributed by atoms with Crippen molar-refractivity contribution in [2.75, 3.05) is 13.1 Å². The molecule has 0 aromatic heterocycles. The molecule has 0 aromatic rings. The van der Waals surface area contributed by atoms with Crippen LogP contribution in [0.3, 0.4) is 0 Å². The lowest BCUT2D eigenvalue weighted by molar-refractivity contribution is -0.175. The van der Waals surface area contributed by atoms with E-state index in [4.69, 9.17) is 0 Å². The summed E-state index contributed by atoms with van der Waals surface area (Å²) in [5, 5.41) is 3.76. The van der Waals surface area contributed by atoms with Crippen LogP contribution in [-0.2, 0) is 4.79 Å². The summed E-state index contributed by atoms with van der Waals surface area (Å²) in [7, 11) is 0. The van der Waals surface area contributed by atoms with Crippen LogP contribution in [-0.4, -0.2) is 37.1 Å². The summed E-state index contributed by atoms with van der Waals surface area (Å²) in [5.74, 6) is -5.27. The van der Waals surface area contributed by atoms with Gasteiger partial charge in [-0.05, 0) is 0 Å². The zero-order valence-corrected chi connectivity index (χ0v) is 8.72. The zero-order chi connectivity index (χ0) is 11.7. The monoisotopic (exact) mass is 268 g/mol. The van der Waals surface area contributed by atoms with Crippen molar-refractivity contribution in [3.63, 3.8) is 0 Å². The molecule has 0 saturated carbocycles. The van der Waals surface area contributed by atoms with Crippen molar-refractivity contribution in [2.45, 2.75) is 24.6 Å². The third kappa shape index (κ3) is 4.48. The van der Waals surface area contributed by atoms with E-state index in [9.17, 15) is 26.7 Å². The van der Waals surface area contributed by atoms with Gasteiger partial charge in [-0.1, -0.05) is 0 Å². The molecule has 96 valence electrons. The van der Waals surface area contributed by atoms with Gasteiger partial charge in [0.15, 0.2) is 0 Å². The standard InChI is InChI=1S/C7H9F5N2O.ClH/c8-6(9)1-4(2-13-3-6)14-5(15)7(10,11)12;/h4,13H,1-3H2,(H,14,15);1H. The van der Waals surface area contributed by atoms with Gasteiger partial charge < -0.3 is 10.6 Å². The van der Waals surface area contributed by atoms with E-state index in [1.54, 1.807) is 0 Å². The van der Waals surface area contributed by atoms with Crippen molar-refractivity contribution in [1.82, 2.24) is 10.6 Å². The van der Waals surface area contributed by atoms with Gasteiger partial charge in [-0.2, -0.15) is 13.2 Å². The van der Waals surface area contributed by atoms with E-state index in [0.29, 0.717) is 0 Å². The molecule has 0 spiro atoms. The Kier molecular flexibility index (Phi) is 4.93. The molecular formula is C7H10ClF5N2O. The highest BCUT2D eigenvalue weighted by Crippen LogP contribution is 2.23. The van der Waals surface area contributed by atoms with Crippen molar-refractivity contribution in [3.8, 4) is 0 Å². The fourth-order valence-corrected chi connectivity index (χ4v) is 1.30. The quantitative estimate of drug-likeness (QED) is 0.699. The second-order valence-corrected chi connectivity index (χ2v) is 3.36. The highest BCUT2D eigenvalue weighted by atomic mass is 35.5.